The Morgan fingerprint density at radius 2 is 1.92 bits per heavy atom. The van der Waals surface area contributed by atoms with Crippen LogP contribution in [0.3, 0.4) is 0 Å². The minimum absolute atomic E-state index is 0.199. The number of halogens is 3. The molecule has 2 aliphatic rings. The second-order valence-electron chi connectivity index (χ2n) is 6.20. The van der Waals surface area contributed by atoms with Crippen molar-refractivity contribution in [1.29, 1.82) is 0 Å². The summed E-state index contributed by atoms with van der Waals surface area (Å²) in [6.45, 7) is 1.62. The van der Waals surface area contributed by atoms with Gasteiger partial charge in [-0.3, -0.25) is 4.79 Å². The minimum atomic E-state index is -4.42. The van der Waals surface area contributed by atoms with Gasteiger partial charge in [0.25, 0.3) is 0 Å². The Morgan fingerprint density at radius 1 is 1.16 bits per heavy atom. The lowest BCUT2D eigenvalue weighted by Crippen LogP contribution is -2.33. The number of thioether (sulfide) groups is 2. The summed E-state index contributed by atoms with van der Waals surface area (Å²) in [4.78, 5) is 14.6. The minimum Gasteiger partial charge on any atom is -0.370 e. The van der Waals surface area contributed by atoms with E-state index in [0.717, 1.165) is 56.0 Å². The highest BCUT2D eigenvalue weighted by atomic mass is 32.2. The lowest BCUT2D eigenvalue weighted by atomic mass is 10.1. The number of amides is 1. The molecule has 2 saturated heterocycles. The van der Waals surface area contributed by atoms with Crippen molar-refractivity contribution >= 4 is 40.8 Å². The maximum Gasteiger partial charge on any atom is 0.416 e. The fraction of sp³-hybridized carbons (Fsp3) is 0.588. The lowest BCUT2D eigenvalue weighted by Gasteiger charge is -2.31. The molecule has 1 atom stereocenters. The SMILES string of the molecule is O=C(Nc1cc(C(F)(F)F)ccc1N1CCCCC1)C1CSCCS1. The van der Waals surface area contributed by atoms with Gasteiger partial charge in [-0.05, 0) is 37.5 Å². The van der Waals surface area contributed by atoms with E-state index in [4.69, 9.17) is 0 Å². The Kier molecular flexibility index (Phi) is 6.09. The zero-order valence-electron chi connectivity index (χ0n) is 13.8. The van der Waals surface area contributed by atoms with Crippen molar-refractivity contribution in [2.24, 2.45) is 0 Å². The van der Waals surface area contributed by atoms with Crippen LogP contribution in [-0.4, -0.2) is 41.5 Å². The highest BCUT2D eigenvalue weighted by Crippen LogP contribution is 2.37. The Labute approximate surface area is 154 Å². The van der Waals surface area contributed by atoms with E-state index in [1.165, 1.54) is 6.07 Å². The zero-order valence-corrected chi connectivity index (χ0v) is 15.4. The number of alkyl halides is 3. The number of rotatable bonds is 3. The van der Waals surface area contributed by atoms with Crippen molar-refractivity contribution in [2.75, 3.05) is 40.6 Å². The molecule has 2 fully saturated rings. The molecule has 1 amide bonds. The molecule has 3 nitrogen and oxygen atoms in total. The summed E-state index contributed by atoms with van der Waals surface area (Å²) in [5.74, 6) is 2.41. The summed E-state index contributed by atoms with van der Waals surface area (Å²) in [5.41, 5.74) is 0.238. The standard InChI is InChI=1S/C17H21F3N2OS2/c18-17(19,20)12-4-5-14(22-6-2-1-3-7-22)13(10-12)21-16(23)15-11-24-8-9-25-15/h4-5,10,15H,1-3,6-9,11H2,(H,21,23). The van der Waals surface area contributed by atoms with E-state index in [-0.39, 0.29) is 16.8 Å². The first-order chi connectivity index (χ1) is 11.9. The van der Waals surface area contributed by atoms with Crippen molar-refractivity contribution < 1.29 is 18.0 Å². The first kappa shape index (κ1) is 18.8. The normalized spacial score (nSPS) is 21.9. The maximum absolute atomic E-state index is 13.1. The first-order valence-electron chi connectivity index (χ1n) is 8.41. The molecular weight excluding hydrogens is 369 g/mol. The van der Waals surface area contributed by atoms with Gasteiger partial charge in [-0.2, -0.15) is 24.9 Å². The molecule has 0 saturated carbocycles. The van der Waals surface area contributed by atoms with Gasteiger partial charge in [0.15, 0.2) is 0 Å². The molecule has 1 aromatic rings. The van der Waals surface area contributed by atoms with Crippen LogP contribution in [-0.2, 0) is 11.0 Å². The Morgan fingerprint density at radius 3 is 2.56 bits per heavy atom. The zero-order chi connectivity index (χ0) is 17.9. The maximum atomic E-state index is 13.1. The van der Waals surface area contributed by atoms with E-state index in [1.54, 1.807) is 23.5 Å². The number of hydrogen-bond donors (Lipinski definition) is 1. The molecule has 138 valence electrons. The van der Waals surface area contributed by atoms with Gasteiger partial charge in [0.1, 0.15) is 0 Å². The van der Waals surface area contributed by atoms with Crippen molar-refractivity contribution in [3.63, 3.8) is 0 Å². The van der Waals surface area contributed by atoms with E-state index < -0.39 is 11.7 Å². The summed E-state index contributed by atoms with van der Waals surface area (Å²) in [7, 11) is 0. The van der Waals surface area contributed by atoms with E-state index in [1.807, 2.05) is 0 Å². The number of carbonyl (C=O) groups excluding carboxylic acids is 1. The van der Waals surface area contributed by atoms with Gasteiger partial charge in [0.2, 0.25) is 5.91 Å². The number of hydrogen-bond acceptors (Lipinski definition) is 4. The van der Waals surface area contributed by atoms with Crippen molar-refractivity contribution in [3.05, 3.63) is 23.8 Å². The van der Waals surface area contributed by atoms with Gasteiger partial charge in [-0.15, -0.1) is 11.8 Å². The molecule has 0 aliphatic carbocycles. The third kappa shape index (κ3) is 4.78. The van der Waals surface area contributed by atoms with Gasteiger partial charge in [-0.25, -0.2) is 0 Å². The largest absolute Gasteiger partial charge is 0.416 e. The van der Waals surface area contributed by atoms with Crippen LogP contribution in [0.5, 0.6) is 0 Å². The van der Waals surface area contributed by atoms with Crippen LogP contribution in [0.1, 0.15) is 24.8 Å². The van der Waals surface area contributed by atoms with E-state index >= 15 is 0 Å². The van der Waals surface area contributed by atoms with Crippen molar-refractivity contribution in [3.8, 4) is 0 Å². The average molecular weight is 390 g/mol. The fourth-order valence-corrected chi connectivity index (χ4v) is 5.63. The Balaban J connectivity index is 1.85. The number of carbonyl (C=O) groups is 1. The van der Waals surface area contributed by atoms with E-state index in [0.29, 0.717) is 11.4 Å². The van der Waals surface area contributed by atoms with E-state index in [9.17, 15) is 18.0 Å². The Hall–Kier alpha value is -1.02. The topological polar surface area (TPSA) is 32.3 Å². The molecule has 1 aromatic carbocycles. The summed E-state index contributed by atoms with van der Waals surface area (Å²) in [5, 5.41) is 2.57. The number of benzene rings is 1. The third-order valence-corrected chi connectivity index (χ3v) is 7.14. The molecule has 2 aliphatic heterocycles. The van der Waals surface area contributed by atoms with Crippen molar-refractivity contribution in [1.82, 2.24) is 0 Å². The third-order valence-electron chi connectivity index (χ3n) is 4.39. The number of anilines is 2. The molecule has 0 radical (unpaired) electrons. The molecule has 0 bridgehead atoms. The van der Waals surface area contributed by atoms with Crippen LogP contribution in [0.4, 0.5) is 24.5 Å². The molecule has 2 heterocycles. The fourth-order valence-electron chi connectivity index (χ4n) is 3.08. The molecule has 1 N–H and O–H groups in total. The number of nitrogens with zero attached hydrogens (tertiary/aromatic N) is 1. The number of piperidine rings is 1. The van der Waals surface area contributed by atoms with Crippen LogP contribution >= 0.6 is 23.5 Å². The second kappa shape index (κ2) is 8.12. The summed E-state index contributed by atoms with van der Waals surface area (Å²) in [6, 6.07) is 3.67. The molecule has 0 spiro atoms. The smallest absolute Gasteiger partial charge is 0.370 e. The van der Waals surface area contributed by atoms with Gasteiger partial charge >= 0.3 is 6.18 Å². The quantitative estimate of drug-likeness (QED) is 0.825. The summed E-state index contributed by atoms with van der Waals surface area (Å²) < 4.78 is 39.3. The van der Waals surface area contributed by atoms with Gasteiger partial charge in [-0.1, -0.05) is 0 Å². The molecule has 3 rings (SSSR count). The van der Waals surface area contributed by atoms with Crippen LogP contribution in [0.2, 0.25) is 0 Å². The summed E-state index contributed by atoms with van der Waals surface area (Å²) in [6.07, 6.45) is -1.25. The predicted molar refractivity (Wildman–Crippen MR) is 99.7 cm³/mol. The predicted octanol–water partition coefficient (Wildman–Crippen LogP) is 4.48. The highest BCUT2D eigenvalue weighted by molar-refractivity contribution is 8.07. The van der Waals surface area contributed by atoms with Crippen LogP contribution in [0.25, 0.3) is 0 Å². The van der Waals surface area contributed by atoms with Gasteiger partial charge in [0, 0.05) is 30.3 Å². The van der Waals surface area contributed by atoms with Crippen LogP contribution in [0, 0.1) is 0 Å². The molecule has 8 heteroatoms. The highest BCUT2D eigenvalue weighted by Gasteiger charge is 2.32. The number of nitrogens with one attached hydrogen (secondary N) is 1. The first-order valence-corrected chi connectivity index (χ1v) is 10.6. The summed E-state index contributed by atoms with van der Waals surface area (Å²) >= 11 is 3.28. The average Bonchev–Trinajstić information content (AvgIpc) is 2.62. The van der Waals surface area contributed by atoms with E-state index in [2.05, 4.69) is 10.2 Å². The molecular formula is C17H21F3N2OS2. The second-order valence-corrected chi connectivity index (χ2v) is 8.66. The van der Waals surface area contributed by atoms with Crippen LogP contribution < -0.4 is 10.2 Å². The van der Waals surface area contributed by atoms with Gasteiger partial charge < -0.3 is 10.2 Å². The van der Waals surface area contributed by atoms with Gasteiger partial charge in [0.05, 0.1) is 22.2 Å². The monoisotopic (exact) mass is 390 g/mol. The van der Waals surface area contributed by atoms with Crippen LogP contribution in [0.15, 0.2) is 18.2 Å². The molecule has 0 aromatic heterocycles. The Bertz CT molecular complexity index is 612. The molecule has 1 unspecified atom stereocenters. The molecule has 25 heavy (non-hydrogen) atoms. The van der Waals surface area contributed by atoms with Crippen molar-refractivity contribution in [2.45, 2.75) is 30.7 Å². The lowest BCUT2D eigenvalue weighted by molar-refractivity contribution is -0.137.